The Hall–Kier alpha value is -0.260. The fourth-order valence-electron chi connectivity index (χ4n) is 5.50. The van der Waals surface area contributed by atoms with Gasteiger partial charge >= 0.3 is 0 Å². The highest BCUT2D eigenvalue weighted by Gasteiger charge is 1.95. The average Bonchev–Trinajstić information content (AvgIpc) is 2.89. The van der Waals surface area contributed by atoms with Crippen molar-refractivity contribution in [3.05, 3.63) is 12.2 Å². The molecule has 0 N–H and O–H groups in total. The normalized spacial score (nSPS) is 11.7. The highest BCUT2D eigenvalue weighted by molar-refractivity contribution is 4.81. The smallest absolute Gasteiger partial charge is 0.0351 e. The Labute approximate surface area is 231 Å². The van der Waals surface area contributed by atoms with E-state index >= 15 is 0 Å². The van der Waals surface area contributed by atoms with Gasteiger partial charge in [0.25, 0.3) is 0 Å². The number of rotatable bonds is 32. The van der Waals surface area contributed by atoms with Crippen LogP contribution in [0.1, 0.15) is 219 Å². The Balaban J connectivity index is 3.07. The first-order valence-electron chi connectivity index (χ1n) is 17.6. The lowest BCUT2D eigenvalue weighted by atomic mass is 10.0. The van der Waals surface area contributed by atoms with Crippen LogP contribution >= 0.6 is 0 Å². The van der Waals surface area contributed by atoms with Gasteiger partial charge in [0.15, 0.2) is 0 Å². The molecule has 0 amide bonds. The molecule has 0 heterocycles. The van der Waals surface area contributed by atoms with Crippen molar-refractivity contribution in [1.82, 2.24) is 0 Å². The highest BCUT2D eigenvalue weighted by atomic mass is 14.0. The molecule has 0 unspecified atom stereocenters. The molecule has 36 heavy (non-hydrogen) atoms. The molecule has 0 radical (unpaired) electrons. The maximum Gasteiger partial charge on any atom is -0.0351 e. The van der Waals surface area contributed by atoms with Crippen molar-refractivity contribution in [1.29, 1.82) is 0 Å². The summed E-state index contributed by atoms with van der Waals surface area (Å²) < 4.78 is 0. The zero-order valence-electron chi connectivity index (χ0n) is 25.8. The van der Waals surface area contributed by atoms with Crippen LogP contribution in [-0.4, -0.2) is 0 Å². The van der Waals surface area contributed by atoms with Crippen LogP contribution in [0.25, 0.3) is 0 Å². The summed E-state index contributed by atoms with van der Waals surface area (Å²) in [7, 11) is 0. The molecule has 0 bridgehead atoms. The molecule has 0 rings (SSSR count). The molecule has 0 aliphatic heterocycles. The van der Waals surface area contributed by atoms with E-state index in [1.807, 2.05) is 0 Å². The summed E-state index contributed by atoms with van der Waals surface area (Å²) in [5.41, 5.74) is 0. The van der Waals surface area contributed by atoms with Crippen LogP contribution in [-0.2, 0) is 0 Å². The number of hydrogen-bond acceptors (Lipinski definition) is 0. The molecule has 0 spiro atoms. The Morgan fingerprint density at radius 2 is 0.389 bits per heavy atom. The van der Waals surface area contributed by atoms with Gasteiger partial charge in [-0.25, -0.2) is 0 Å². The fourth-order valence-corrected chi connectivity index (χ4v) is 5.50. The van der Waals surface area contributed by atoms with Crippen molar-refractivity contribution < 1.29 is 0 Å². The molecule has 0 aliphatic carbocycles. The second kappa shape index (κ2) is 34.7. The monoisotopic (exact) mass is 505 g/mol. The zero-order valence-corrected chi connectivity index (χ0v) is 25.8. The van der Waals surface area contributed by atoms with E-state index < -0.39 is 0 Å². The number of unbranched alkanes of at least 4 members (excludes halogenated alkanes) is 30. The molecule has 216 valence electrons. The molecule has 0 aliphatic rings. The van der Waals surface area contributed by atoms with Crippen molar-refractivity contribution >= 4 is 0 Å². The first-order valence-corrected chi connectivity index (χ1v) is 17.6. The molecule has 0 nitrogen and oxygen atoms in total. The van der Waals surface area contributed by atoms with E-state index in [4.69, 9.17) is 0 Å². The molecule has 0 saturated heterocycles. The first kappa shape index (κ1) is 35.7. The summed E-state index contributed by atoms with van der Waals surface area (Å²) in [6.45, 7) is 4.61. The Kier molecular flexibility index (Phi) is 34.5. The Morgan fingerprint density at radius 1 is 0.222 bits per heavy atom. The van der Waals surface area contributed by atoms with Crippen LogP contribution in [0.15, 0.2) is 12.2 Å². The molecule has 0 atom stereocenters. The molecule has 0 aromatic carbocycles. The minimum Gasteiger partial charge on any atom is -0.0885 e. The van der Waals surface area contributed by atoms with Crippen LogP contribution in [0.5, 0.6) is 0 Å². The third kappa shape index (κ3) is 33.7. The predicted molar refractivity (Wildman–Crippen MR) is 168 cm³/mol. The van der Waals surface area contributed by atoms with Gasteiger partial charge in [0.05, 0.1) is 0 Å². The Bertz CT molecular complexity index is 381. The van der Waals surface area contributed by atoms with Gasteiger partial charge in [-0.3, -0.25) is 0 Å². The van der Waals surface area contributed by atoms with Gasteiger partial charge in [-0.15, -0.1) is 0 Å². The highest BCUT2D eigenvalue weighted by Crippen LogP contribution is 2.15. The van der Waals surface area contributed by atoms with Crippen LogP contribution in [0.3, 0.4) is 0 Å². The standard InChI is InChI=1S/C36H72/c1-3-5-7-9-11-13-15-17-19-21-23-25-27-29-31-33-35-36-34-32-30-28-26-24-22-20-18-16-14-12-10-8-6-4-2/h33,35H,3-32,34,36H2,1-2H3. The van der Waals surface area contributed by atoms with Crippen LogP contribution < -0.4 is 0 Å². The minimum atomic E-state index is 1.32. The van der Waals surface area contributed by atoms with Crippen molar-refractivity contribution in [3.8, 4) is 0 Å². The van der Waals surface area contributed by atoms with E-state index in [1.54, 1.807) is 0 Å². The molecule has 0 aromatic rings. The second-order valence-corrected chi connectivity index (χ2v) is 11.9. The quantitative estimate of drug-likeness (QED) is 0.0631. The summed E-state index contributed by atoms with van der Waals surface area (Å²) >= 11 is 0. The van der Waals surface area contributed by atoms with Gasteiger partial charge in [0.1, 0.15) is 0 Å². The van der Waals surface area contributed by atoms with E-state index in [-0.39, 0.29) is 0 Å². The molecule has 0 heteroatoms. The molecule has 0 fully saturated rings. The van der Waals surface area contributed by atoms with E-state index in [1.165, 1.54) is 205 Å². The van der Waals surface area contributed by atoms with Gasteiger partial charge in [-0.05, 0) is 25.7 Å². The van der Waals surface area contributed by atoms with E-state index in [9.17, 15) is 0 Å². The van der Waals surface area contributed by atoms with Crippen molar-refractivity contribution in [2.45, 2.75) is 219 Å². The third-order valence-corrected chi connectivity index (χ3v) is 8.12. The van der Waals surface area contributed by atoms with Crippen molar-refractivity contribution in [2.24, 2.45) is 0 Å². The lowest BCUT2D eigenvalue weighted by Crippen LogP contribution is -1.83. The molecular weight excluding hydrogens is 432 g/mol. The van der Waals surface area contributed by atoms with Crippen LogP contribution in [0.2, 0.25) is 0 Å². The fraction of sp³-hybridized carbons (Fsp3) is 0.944. The van der Waals surface area contributed by atoms with E-state index in [0.29, 0.717) is 0 Å². The summed E-state index contributed by atoms with van der Waals surface area (Å²) in [5.74, 6) is 0. The minimum absolute atomic E-state index is 1.32. The van der Waals surface area contributed by atoms with Gasteiger partial charge in [-0.1, -0.05) is 206 Å². The summed E-state index contributed by atoms with van der Waals surface area (Å²) in [6.07, 6.45) is 51.4. The van der Waals surface area contributed by atoms with Crippen molar-refractivity contribution in [3.63, 3.8) is 0 Å². The number of hydrogen-bond donors (Lipinski definition) is 0. The lowest BCUT2D eigenvalue weighted by Gasteiger charge is -2.03. The predicted octanol–water partition coefficient (Wildman–Crippen LogP) is 14.1. The zero-order chi connectivity index (χ0) is 26.0. The van der Waals surface area contributed by atoms with Gasteiger partial charge in [0, 0.05) is 0 Å². The Morgan fingerprint density at radius 3 is 0.583 bits per heavy atom. The average molecular weight is 505 g/mol. The number of allylic oxidation sites excluding steroid dienone is 2. The summed E-state index contributed by atoms with van der Waals surface area (Å²) in [4.78, 5) is 0. The van der Waals surface area contributed by atoms with E-state index in [0.717, 1.165) is 0 Å². The van der Waals surface area contributed by atoms with Crippen LogP contribution in [0, 0.1) is 0 Å². The lowest BCUT2D eigenvalue weighted by molar-refractivity contribution is 0.530. The van der Waals surface area contributed by atoms with Gasteiger partial charge < -0.3 is 0 Å². The second-order valence-electron chi connectivity index (χ2n) is 11.9. The van der Waals surface area contributed by atoms with Gasteiger partial charge in [-0.2, -0.15) is 0 Å². The largest absolute Gasteiger partial charge is 0.0885 e. The molecule has 0 saturated carbocycles. The van der Waals surface area contributed by atoms with E-state index in [2.05, 4.69) is 26.0 Å². The maximum atomic E-state index is 2.46. The van der Waals surface area contributed by atoms with Crippen molar-refractivity contribution in [2.75, 3.05) is 0 Å². The topological polar surface area (TPSA) is 0 Å². The summed E-state index contributed by atoms with van der Waals surface area (Å²) in [6, 6.07) is 0. The van der Waals surface area contributed by atoms with Gasteiger partial charge in [0.2, 0.25) is 0 Å². The maximum absolute atomic E-state index is 2.46. The summed E-state index contributed by atoms with van der Waals surface area (Å²) in [5, 5.41) is 0. The molecule has 0 aromatic heterocycles. The third-order valence-electron chi connectivity index (χ3n) is 8.12. The van der Waals surface area contributed by atoms with Crippen LogP contribution in [0.4, 0.5) is 0 Å². The molecular formula is C36H72. The SMILES string of the molecule is CCCCCCCCCCCCCCCCC=CCCCCCCCCCCCCCCCCCC. The first-order chi connectivity index (χ1) is 17.9.